The molecule has 5 nitrogen and oxygen atoms in total. The number of hydrogen-bond acceptors (Lipinski definition) is 3. The molecule has 0 saturated carbocycles. The van der Waals surface area contributed by atoms with E-state index in [1.54, 1.807) is 0 Å². The molecule has 2 N–H and O–H groups in total. The van der Waals surface area contributed by atoms with E-state index < -0.39 is 17.9 Å². The fourth-order valence-electron chi connectivity index (χ4n) is 1.13. The Bertz CT molecular complexity index is 207. The minimum Gasteiger partial charge on any atom is -1.00 e. The van der Waals surface area contributed by atoms with Gasteiger partial charge in [0.05, 0.1) is 0 Å². The molecule has 0 aliphatic carbocycles. The summed E-state index contributed by atoms with van der Waals surface area (Å²) < 4.78 is 0. The Morgan fingerprint density at radius 3 is 1.88 bits per heavy atom. The first-order chi connectivity index (χ1) is 6.45. The second kappa shape index (κ2) is 12.4. The second-order valence-corrected chi connectivity index (χ2v) is 3.53. The minimum atomic E-state index is -1.25. The van der Waals surface area contributed by atoms with Crippen molar-refractivity contribution in [3.05, 3.63) is 0 Å². The van der Waals surface area contributed by atoms with E-state index in [9.17, 15) is 9.59 Å². The zero-order chi connectivity index (χ0) is 11.1. The van der Waals surface area contributed by atoms with Gasteiger partial charge < -0.3 is 18.0 Å². The molecule has 0 aromatic heterocycles. The number of carbonyl (C=O) groups is 2. The van der Waals surface area contributed by atoms with E-state index in [-0.39, 0.29) is 68.4 Å². The summed E-state index contributed by atoms with van der Waals surface area (Å²) in [6.07, 6.45) is 1.66. The largest absolute Gasteiger partial charge is 1.00 e. The minimum absolute atomic E-state index is 0. The summed E-state index contributed by atoms with van der Waals surface area (Å²) in [6, 6.07) is 0. The van der Waals surface area contributed by atoms with Gasteiger partial charge in [-0.15, -0.1) is 0 Å². The maximum Gasteiger partial charge on any atom is 1.00 e. The van der Waals surface area contributed by atoms with Gasteiger partial charge in [0.15, 0.2) is 5.92 Å². The molecule has 16 heavy (non-hydrogen) atoms. The molecule has 0 aromatic rings. The Kier molecular flexibility index (Phi) is 17.1. The molecule has 0 aromatic carbocycles. The monoisotopic (exact) mass is 251 g/mol. The standard InChI is InChI=1S/C9H17NO4.2Na.2H/c1-10(2)6-4-3-5-7(8(11)12)9(13)14;;;;/h7H,3-6H2,1-2H3,(H,11,12)(H,13,14);;;;/q;2*+1;2*-1. The van der Waals surface area contributed by atoms with E-state index in [4.69, 9.17) is 10.2 Å². The number of carboxylic acid groups (broad SMARTS) is 2. The summed E-state index contributed by atoms with van der Waals surface area (Å²) >= 11 is 0. The molecule has 86 valence electrons. The fraction of sp³-hybridized carbons (Fsp3) is 0.778. The summed E-state index contributed by atoms with van der Waals surface area (Å²) in [5.41, 5.74) is 0. The van der Waals surface area contributed by atoms with Gasteiger partial charge in [0, 0.05) is 0 Å². The Morgan fingerprint density at radius 2 is 1.56 bits per heavy atom. The van der Waals surface area contributed by atoms with Gasteiger partial charge in [0.25, 0.3) is 0 Å². The van der Waals surface area contributed by atoms with Crippen molar-refractivity contribution in [1.82, 2.24) is 4.90 Å². The van der Waals surface area contributed by atoms with Gasteiger partial charge in [-0.25, -0.2) is 0 Å². The Labute approximate surface area is 143 Å². The topological polar surface area (TPSA) is 77.8 Å². The van der Waals surface area contributed by atoms with E-state index in [0.29, 0.717) is 6.42 Å². The molecule has 0 amide bonds. The third-order valence-corrected chi connectivity index (χ3v) is 1.94. The number of carboxylic acids is 2. The first-order valence-corrected chi connectivity index (χ1v) is 4.55. The zero-order valence-electron chi connectivity index (χ0n) is 12.6. The molecule has 0 fully saturated rings. The van der Waals surface area contributed by atoms with Crippen LogP contribution in [0.4, 0.5) is 0 Å². The molecule has 0 aliphatic heterocycles. The van der Waals surface area contributed by atoms with Crippen LogP contribution in [0.25, 0.3) is 0 Å². The SMILES string of the molecule is CN(C)CCCCC(C(=O)O)C(=O)O.[H-].[H-].[Na+].[Na+]. The Hall–Kier alpha value is 0.900. The van der Waals surface area contributed by atoms with Crippen molar-refractivity contribution >= 4 is 11.9 Å². The van der Waals surface area contributed by atoms with Crippen LogP contribution in [0.1, 0.15) is 22.1 Å². The molecule has 0 rings (SSSR count). The van der Waals surface area contributed by atoms with Gasteiger partial charge in [-0.3, -0.25) is 9.59 Å². The van der Waals surface area contributed by atoms with Crippen LogP contribution in [0.5, 0.6) is 0 Å². The van der Waals surface area contributed by atoms with Crippen LogP contribution in [0.2, 0.25) is 0 Å². The molecule has 0 saturated heterocycles. The van der Waals surface area contributed by atoms with E-state index in [2.05, 4.69) is 0 Å². The second-order valence-electron chi connectivity index (χ2n) is 3.53. The molecular formula is C9H19NNa2O4. The molecular weight excluding hydrogens is 232 g/mol. The van der Waals surface area contributed by atoms with Gasteiger partial charge in [0.1, 0.15) is 0 Å². The molecule has 7 heteroatoms. The van der Waals surface area contributed by atoms with Crippen LogP contribution in [-0.2, 0) is 9.59 Å². The maximum atomic E-state index is 10.5. The van der Waals surface area contributed by atoms with Crippen molar-refractivity contribution in [3.8, 4) is 0 Å². The molecule has 0 atom stereocenters. The predicted octanol–water partition coefficient (Wildman–Crippen LogP) is -5.26. The van der Waals surface area contributed by atoms with Crippen molar-refractivity contribution in [2.45, 2.75) is 19.3 Å². The van der Waals surface area contributed by atoms with Crippen molar-refractivity contribution in [1.29, 1.82) is 0 Å². The number of rotatable bonds is 7. The van der Waals surface area contributed by atoms with Crippen LogP contribution in [0, 0.1) is 5.92 Å². The summed E-state index contributed by atoms with van der Waals surface area (Å²) in [5, 5.41) is 17.1. The fourth-order valence-corrected chi connectivity index (χ4v) is 1.13. The maximum absolute atomic E-state index is 10.5. The quantitative estimate of drug-likeness (QED) is 0.268. The molecule has 0 radical (unpaired) electrons. The van der Waals surface area contributed by atoms with Crippen molar-refractivity contribution in [2.24, 2.45) is 5.92 Å². The van der Waals surface area contributed by atoms with Gasteiger partial charge in [-0.1, -0.05) is 6.42 Å². The molecule has 0 spiro atoms. The smallest absolute Gasteiger partial charge is 1.00 e. The van der Waals surface area contributed by atoms with Gasteiger partial charge in [-0.05, 0) is 33.5 Å². The van der Waals surface area contributed by atoms with E-state index in [1.807, 2.05) is 19.0 Å². The third kappa shape index (κ3) is 11.4. The van der Waals surface area contributed by atoms with E-state index in [0.717, 1.165) is 13.0 Å². The summed E-state index contributed by atoms with van der Waals surface area (Å²) in [7, 11) is 3.84. The third-order valence-electron chi connectivity index (χ3n) is 1.94. The molecule has 0 bridgehead atoms. The summed E-state index contributed by atoms with van der Waals surface area (Å²) in [6.45, 7) is 0.853. The van der Waals surface area contributed by atoms with Crippen molar-refractivity contribution < 1.29 is 81.8 Å². The number of unbranched alkanes of at least 4 members (excludes halogenated alkanes) is 1. The van der Waals surface area contributed by atoms with E-state index in [1.165, 1.54) is 0 Å². The van der Waals surface area contributed by atoms with Crippen molar-refractivity contribution in [2.75, 3.05) is 20.6 Å². The number of hydrogen-bond donors (Lipinski definition) is 2. The van der Waals surface area contributed by atoms with Gasteiger partial charge in [-0.2, -0.15) is 0 Å². The number of nitrogens with zero attached hydrogens (tertiary/aromatic N) is 1. The average molecular weight is 251 g/mol. The van der Waals surface area contributed by atoms with Crippen LogP contribution >= 0.6 is 0 Å². The van der Waals surface area contributed by atoms with Crippen LogP contribution in [0.3, 0.4) is 0 Å². The first-order valence-electron chi connectivity index (χ1n) is 4.55. The number of aliphatic carboxylic acids is 2. The summed E-state index contributed by atoms with van der Waals surface area (Å²) in [4.78, 5) is 22.9. The van der Waals surface area contributed by atoms with Crippen LogP contribution < -0.4 is 59.1 Å². The zero-order valence-corrected chi connectivity index (χ0v) is 14.6. The molecule has 0 heterocycles. The average Bonchev–Trinajstić information content (AvgIpc) is 2.01. The van der Waals surface area contributed by atoms with Gasteiger partial charge >= 0.3 is 71.1 Å². The van der Waals surface area contributed by atoms with Crippen molar-refractivity contribution in [3.63, 3.8) is 0 Å². The molecule has 0 unspecified atom stereocenters. The van der Waals surface area contributed by atoms with E-state index >= 15 is 0 Å². The van der Waals surface area contributed by atoms with Gasteiger partial charge in [0.2, 0.25) is 0 Å². The summed E-state index contributed by atoms with van der Waals surface area (Å²) in [5.74, 6) is -3.75. The Balaban J connectivity index is -0.000000141. The van der Waals surface area contributed by atoms with Crippen LogP contribution in [-0.4, -0.2) is 47.7 Å². The molecule has 0 aliphatic rings. The predicted molar refractivity (Wildman–Crippen MR) is 53.4 cm³/mol. The first kappa shape index (κ1) is 22.1. The van der Waals surface area contributed by atoms with Crippen LogP contribution in [0.15, 0.2) is 0 Å². The normalized spacial score (nSPS) is 9.50. The Morgan fingerprint density at radius 1 is 1.12 bits per heavy atom.